The van der Waals surface area contributed by atoms with Gasteiger partial charge in [-0.3, -0.25) is 0 Å². The van der Waals surface area contributed by atoms with Gasteiger partial charge >= 0.3 is 0 Å². The number of oxazole rings is 1. The maximum absolute atomic E-state index is 6.09. The normalized spacial score (nSPS) is 11.0. The first-order valence-electron chi connectivity index (χ1n) is 8.31. The molecule has 5 heteroatoms. The molecule has 0 aliphatic heterocycles. The summed E-state index contributed by atoms with van der Waals surface area (Å²) in [5.74, 6) is 0.679. The Labute approximate surface area is 161 Å². The van der Waals surface area contributed by atoms with Gasteiger partial charge in [-0.15, -0.1) is 11.3 Å². The topological polar surface area (TPSA) is 38.9 Å². The summed E-state index contributed by atoms with van der Waals surface area (Å²) in [6.45, 7) is 3.97. The summed E-state index contributed by atoms with van der Waals surface area (Å²) in [4.78, 5) is 10.1. The molecule has 0 atom stereocenters. The number of aryl methyl sites for hydroxylation is 2. The van der Waals surface area contributed by atoms with Crippen LogP contribution >= 0.6 is 22.9 Å². The highest BCUT2D eigenvalue weighted by molar-refractivity contribution is 7.15. The zero-order chi connectivity index (χ0) is 18.1. The fourth-order valence-corrected chi connectivity index (χ4v) is 4.01. The summed E-state index contributed by atoms with van der Waals surface area (Å²) in [5, 5.41) is 1.83. The Morgan fingerprint density at radius 1 is 1.08 bits per heavy atom. The molecule has 2 heterocycles. The fraction of sp³-hybridized carbons (Fsp3) is 0.143. The van der Waals surface area contributed by atoms with Crippen LogP contribution in [-0.4, -0.2) is 9.97 Å². The van der Waals surface area contributed by atoms with Crippen LogP contribution in [0.15, 0.2) is 59.3 Å². The highest BCUT2D eigenvalue weighted by atomic mass is 35.5. The van der Waals surface area contributed by atoms with Crippen molar-refractivity contribution in [1.29, 1.82) is 0 Å². The van der Waals surface area contributed by atoms with Crippen molar-refractivity contribution in [3.05, 3.63) is 82.0 Å². The minimum Gasteiger partial charge on any atom is -0.449 e. The average molecular weight is 381 g/mol. The number of halogens is 1. The van der Waals surface area contributed by atoms with Crippen LogP contribution in [0.25, 0.3) is 21.7 Å². The van der Waals surface area contributed by atoms with Crippen molar-refractivity contribution >= 4 is 22.9 Å². The molecule has 0 N–H and O–H groups in total. The number of hydrogen-bond acceptors (Lipinski definition) is 4. The number of nitrogens with zero attached hydrogens (tertiary/aromatic N) is 2. The van der Waals surface area contributed by atoms with E-state index in [1.54, 1.807) is 17.6 Å². The lowest BCUT2D eigenvalue weighted by atomic mass is 10.0. The van der Waals surface area contributed by atoms with Crippen molar-refractivity contribution < 1.29 is 4.42 Å². The molecule has 0 aliphatic rings. The van der Waals surface area contributed by atoms with Gasteiger partial charge in [0.25, 0.3) is 0 Å². The van der Waals surface area contributed by atoms with Crippen LogP contribution in [0.3, 0.4) is 0 Å². The van der Waals surface area contributed by atoms with Gasteiger partial charge in [0.05, 0.1) is 9.88 Å². The Hall–Kier alpha value is -2.43. The summed E-state index contributed by atoms with van der Waals surface area (Å²) < 4.78 is 5.31. The Morgan fingerprint density at radius 2 is 1.96 bits per heavy atom. The molecule has 4 rings (SSSR count). The highest BCUT2D eigenvalue weighted by Crippen LogP contribution is 2.30. The van der Waals surface area contributed by atoms with Gasteiger partial charge < -0.3 is 4.42 Å². The second kappa shape index (κ2) is 7.06. The smallest absolute Gasteiger partial charge is 0.191 e. The Kier molecular flexibility index (Phi) is 4.62. The summed E-state index contributed by atoms with van der Waals surface area (Å²) in [7, 11) is 0. The molecule has 130 valence electrons. The van der Waals surface area contributed by atoms with Gasteiger partial charge in [0.2, 0.25) is 0 Å². The zero-order valence-corrected chi connectivity index (χ0v) is 16.1. The molecule has 0 aliphatic carbocycles. The third-order valence-electron chi connectivity index (χ3n) is 4.26. The Balaban J connectivity index is 1.56. The van der Waals surface area contributed by atoms with Crippen molar-refractivity contribution in [1.82, 2.24) is 9.97 Å². The van der Waals surface area contributed by atoms with Gasteiger partial charge in [-0.25, -0.2) is 9.97 Å². The van der Waals surface area contributed by atoms with Crippen LogP contribution in [0.4, 0.5) is 0 Å². The molecule has 4 aromatic rings. The lowest BCUT2D eigenvalue weighted by Crippen LogP contribution is -1.92. The number of hydrogen-bond donors (Lipinski definition) is 0. The highest BCUT2D eigenvalue weighted by Gasteiger charge is 2.10. The number of aromatic nitrogens is 2. The second-order valence-corrected chi connectivity index (χ2v) is 7.75. The fourth-order valence-electron chi connectivity index (χ4n) is 2.88. The van der Waals surface area contributed by atoms with E-state index in [-0.39, 0.29) is 0 Å². The minimum absolute atomic E-state index is 0.679. The predicted octanol–water partition coefficient (Wildman–Crippen LogP) is 6.33. The molecule has 0 bridgehead atoms. The summed E-state index contributed by atoms with van der Waals surface area (Å²) >= 11 is 7.80. The Bertz CT molecular complexity index is 1070. The molecule has 3 nitrogen and oxygen atoms in total. The molecule has 0 saturated heterocycles. The van der Waals surface area contributed by atoms with E-state index in [4.69, 9.17) is 16.0 Å². The summed E-state index contributed by atoms with van der Waals surface area (Å²) in [5.41, 5.74) is 5.54. The predicted molar refractivity (Wildman–Crippen MR) is 107 cm³/mol. The lowest BCUT2D eigenvalue weighted by molar-refractivity contribution is 0.521. The quantitative estimate of drug-likeness (QED) is 0.415. The second-order valence-electron chi connectivity index (χ2n) is 6.20. The standard InChI is InChI=1S/C21H17ClN2OS/c1-13-8-16(19-12-25-14(2)24-19)7-6-15(13)10-21-23-11-20(26-21)17-4-3-5-18(22)9-17/h3-9,11-12H,10H2,1-2H3. The van der Waals surface area contributed by atoms with Crippen LogP contribution in [0.5, 0.6) is 0 Å². The van der Waals surface area contributed by atoms with Crippen LogP contribution in [0, 0.1) is 13.8 Å². The maximum atomic E-state index is 6.09. The van der Waals surface area contributed by atoms with E-state index in [0.717, 1.165) is 38.1 Å². The number of benzene rings is 2. The van der Waals surface area contributed by atoms with Gasteiger partial charge in [0, 0.05) is 30.1 Å². The van der Waals surface area contributed by atoms with Crippen LogP contribution in [-0.2, 0) is 6.42 Å². The molecule has 0 amide bonds. The first-order valence-corrected chi connectivity index (χ1v) is 9.50. The molecule has 0 fully saturated rings. The Morgan fingerprint density at radius 3 is 2.69 bits per heavy atom. The SMILES string of the molecule is Cc1nc(-c2ccc(Cc3ncc(-c4cccc(Cl)c4)s3)c(C)c2)co1. The van der Waals surface area contributed by atoms with E-state index < -0.39 is 0 Å². The molecule has 2 aromatic carbocycles. The monoisotopic (exact) mass is 380 g/mol. The van der Waals surface area contributed by atoms with E-state index in [1.807, 2.05) is 31.3 Å². The molecular weight excluding hydrogens is 364 g/mol. The third kappa shape index (κ3) is 3.57. The minimum atomic E-state index is 0.679. The van der Waals surface area contributed by atoms with Crippen molar-refractivity contribution in [3.63, 3.8) is 0 Å². The molecule has 26 heavy (non-hydrogen) atoms. The van der Waals surface area contributed by atoms with Crippen LogP contribution in [0.2, 0.25) is 5.02 Å². The number of rotatable bonds is 4. The van der Waals surface area contributed by atoms with Gasteiger partial charge in [-0.05, 0) is 41.8 Å². The molecule has 0 radical (unpaired) electrons. The van der Waals surface area contributed by atoms with Gasteiger partial charge in [-0.2, -0.15) is 0 Å². The molecule has 0 saturated carbocycles. The largest absolute Gasteiger partial charge is 0.449 e. The van der Waals surface area contributed by atoms with Crippen molar-refractivity contribution in [2.45, 2.75) is 20.3 Å². The third-order valence-corrected chi connectivity index (χ3v) is 5.54. The van der Waals surface area contributed by atoms with Crippen LogP contribution < -0.4 is 0 Å². The van der Waals surface area contributed by atoms with Crippen molar-refractivity contribution in [2.75, 3.05) is 0 Å². The first-order chi connectivity index (χ1) is 12.6. The van der Waals surface area contributed by atoms with Gasteiger partial charge in [0.1, 0.15) is 12.0 Å². The zero-order valence-electron chi connectivity index (χ0n) is 14.5. The van der Waals surface area contributed by atoms with E-state index in [9.17, 15) is 0 Å². The molecule has 0 spiro atoms. The van der Waals surface area contributed by atoms with Crippen molar-refractivity contribution in [2.24, 2.45) is 0 Å². The van der Waals surface area contributed by atoms with Crippen molar-refractivity contribution in [3.8, 4) is 21.7 Å². The maximum Gasteiger partial charge on any atom is 0.191 e. The lowest BCUT2D eigenvalue weighted by Gasteiger charge is -2.06. The van der Waals surface area contributed by atoms with E-state index in [2.05, 4.69) is 41.2 Å². The van der Waals surface area contributed by atoms with Gasteiger partial charge in [0.15, 0.2) is 5.89 Å². The van der Waals surface area contributed by atoms with E-state index in [0.29, 0.717) is 5.89 Å². The number of thiazole rings is 1. The first kappa shape index (κ1) is 17.0. The summed E-state index contributed by atoms with van der Waals surface area (Å²) in [6, 6.07) is 14.3. The molecule has 2 aromatic heterocycles. The summed E-state index contributed by atoms with van der Waals surface area (Å²) in [6.07, 6.45) is 4.44. The van der Waals surface area contributed by atoms with Gasteiger partial charge in [-0.1, -0.05) is 35.9 Å². The molecular formula is C21H17ClN2OS. The average Bonchev–Trinajstić information content (AvgIpc) is 3.26. The van der Waals surface area contributed by atoms with E-state index >= 15 is 0 Å². The van der Waals surface area contributed by atoms with Crippen LogP contribution in [0.1, 0.15) is 22.0 Å². The van der Waals surface area contributed by atoms with E-state index in [1.165, 1.54) is 11.1 Å². The molecule has 0 unspecified atom stereocenters.